The Kier molecular flexibility index (Phi) is 4.35. The van der Waals surface area contributed by atoms with Gasteiger partial charge in [0.1, 0.15) is 5.78 Å². The molecule has 4 heteroatoms. The Labute approximate surface area is 125 Å². The number of ether oxygens (including phenoxy) is 1. The van der Waals surface area contributed by atoms with Crippen LogP contribution in [0.2, 0.25) is 0 Å². The number of hydrogen-bond donors (Lipinski definition) is 0. The lowest BCUT2D eigenvalue weighted by Crippen LogP contribution is -2.45. The van der Waals surface area contributed by atoms with Gasteiger partial charge in [0.15, 0.2) is 0 Å². The van der Waals surface area contributed by atoms with E-state index >= 15 is 0 Å². The van der Waals surface area contributed by atoms with Crippen molar-refractivity contribution in [1.29, 1.82) is 0 Å². The molecule has 0 aromatic rings. The quantitative estimate of drug-likeness (QED) is 0.750. The Hall–Kier alpha value is -0.510. The number of halogens is 2. The number of carbonyl (C=O) groups is 1. The zero-order valence-electron chi connectivity index (χ0n) is 12.7. The second-order valence-electron chi connectivity index (χ2n) is 7.31. The fourth-order valence-corrected chi connectivity index (χ4v) is 4.47. The van der Waals surface area contributed by atoms with E-state index in [0.717, 1.165) is 25.7 Å². The Morgan fingerprint density at radius 2 is 1.57 bits per heavy atom. The van der Waals surface area contributed by atoms with Crippen LogP contribution in [0.5, 0.6) is 0 Å². The molecule has 1 atom stereocenters. The molecular weight excluding hydrogens is 274 g/mol. The average molecular weight is 300 g/mol. The first-order chi connectivity index (χ1) is 10.00. The van der Waals surface area contributed by atoms with Gasteiger partial charge in [-0.25, -0.2) is 8.78 Å². The van der Waals surface area contributed by atoms with Crippen LogP contribution < -0.4 is 0 Å². The minimum absolute atomic E-state index is 0.0496. The molecular formula is C17H26F2O2. The smallest absolute Gasteiger partial charge is 0.248 e. The van der Waals surface area contributed by atoms with Crippen LogP contribution in [0.4, 0.5) is 8.78 Å². The third kappa shape index (κ3) is 3.46. The van der Waals surface area contributed by atoms with Gasteiger partial charge in [-0.3, -0.25) is 4.79 Å². The monoisotopic (exact) mass is 300 g/mol. The van der Waals surface area contributed by atoms with Gasteiger partial charge in [0.2, 0.25) is 5.92 Å². The number of Topliss-reactive ketones (excluding diaryl/α,β-unsaturated/α-hetero) is 1. The molecule has 0 bridgehead atoms. The maximum atomic E-state index is 13.2. The highest BCUT2D eigenvalue weighted by Gasteiger charge is 2.44. The Bertz CT molecular complexity index is 373. The minimum atomic E-state index is -2.54. The van der Waals surface area contributed by atoms with Gasteiger partial charge < -0.3 is 4.74 Å². The first-order valence-electron chi connectivity index (χ1n) is 8.55. The lowest BCUT2D eigenvalue weighted by molar-refractivity contribution is -0.148. The zero-order chi connectivity index (χ0) is 14.9. The van der Waals surface area contributed by atoms with Crippen molar-refractivity contribution in [2.24, 2.45) is 11.8 Å². The van der Waals surface area contributed by atoms with Crippen LogP contribution in [-0.4, -0.2) is 23.9 Å². The van der Waals surface area contributed by atoms with Crippen LogP contribution in [-0.2, 0) is 9.53 Å². The van der Waals surface area contributed by atoms with Crippen molar-refractivity contribution in [3.8, 4) is 0 Å². The maximum Gasteiger partial charge on any atom is 0.248 e. The summed E-state index contributed by atoms with van der Waals surface area (Å²) in [5.74, 6) is -2.38. The van der Waals surface area contributed by atoms with Gasteiger partial charge in [-0.1, -0.05) is 19.3 Å². The molecule has 3 rings (SSSR count). The van der Waals surface area contributed by atoms with Crippen molar-refractivity contribution in [2.75, 3.05) is 6.61 Å². The Morgan fingerprint density at radius 3 is 2.24 bits per heavy atom. The van der Waals surface area contributed by atoms with Crippen molar-refractivity contribution in [2.45, 2.75) is 82.2 Å². The van der Waals surface area contributed by atoms with E-state index in [1.807, 2.05) is 0 Å². The van der Waals surface area contributed by atoms with E-state index in [1.54, 1.807) is 0 Å². The third-order valence-corrected chi connectivity index (χ3v) is 5.78. The summed E-state index contributed by atoms with van der Waals surface area (Å²) in [6.07, 6.45) is 7.92. The second kappa shape index (κ2) is 5.94. The molecule has 0 N–H and O–H groups in total. The van der Waals surface area contributed by atoms with E-state index in [9.17, 15) is 13.6 Å². The number of hydrogen-bond acceptors (Lipinski definition) is 2. The second-order valence-corrected chi connectivity index (χ2v) is 7.31. The molecule has 2 aliphatic carbocycles. The SMILES string of the molecule is O=C(C1CCC(F)(F)CC1)C1CCOC2(CCCCC2)C1. The first kappa shape index (κ1) is 15.4. The third-order valence-electron chi connectivity index (χ3n) is 5.78. The highest BCUT2D eigenvalue weighted by Crippen LogP contribution is 2.43. The summed E-state index contributed by atoms with van der Waals surface area (Å²) >= 11 is 0. The molecule has 21 heavy (non-hydrogen) atoms. The van der Waals surface area contributed by atoms with Crippen molar-refractivity contribution < 1.29 is 18.3 Å². The van der Waals surface area contributed by atoms with Gasteiger partial charge in [0.05, 0.1) is 5.60 Å². The van der Waals surface area contributed by atoms with Crippen molar-refractivity contribution in [3.63, 3.8) is 0 Å². The normalized spacial score (nSPS) is 33.0. The molecule has 1 aliphatic heterocycles. The van der Waals surface area contributed by atoms with Crippen molar-refractivity contribution in [1.82, 2.24) is 0 Å². The van der Waals surface area contributed by atoms with E-state index in [4.69, 9.17) is 4.74 Å². The molecule has 3 aliphatic rings. The van der Waals surface area contributed by atoms with Gasteiger partial charge in [-0.15, -0.1) is 0 Å². The van der Waals surface area contributed by atoms with Crippen LogP contribution in [0.15, 0.2) is 0 Å². The molecule has 1 unspecified atom stereocenters. The van der Waals surface area contributed by atoms with Crippen molar-refractivity contribution in [3.05, 3.63) is 0 Å². The fraction of sp³-hybridized carbons (Fsp3) is 0.941. The van der Waals surface area contributed by atoms with E-state index in [1.165, 1.54) is 19.3 Å². The largest absolute Gasteiger partial charge is 0.375 e. The van der Waals surface area contributed by atoms with Gasteiger partial charge in [0, 0.05) is 31.3 Å². The molecule has 1 saturated heterocycles. The van der Waals surface area contributed by atoms with E-state index in [2.05, 4.69) is 0 Å². The fourth-order valence-electron chi connectivity index (χ4n) is 4.47. The molecule has 1 spiro atoms. The summed E-state index contributed by atoms with van der Waals surface area (Å²) in [5, 5.41) is 0. The Balaban J connectivity index is 1.59. The summed E-state index contributed by atoms with van der Waals surface area (Å²) < 4.78 is 32.5. The van der Waals surface area contributed by atoms with Gasteiger partial charge in [-0.2, -0.15) is 0 Å². The standard InChI is InChI=1S/C17H26F2O2/c18-17(19)9-4-13(5-10-17)15(20)14-6-11-21-16(12-14)7-2-1-3-8-16/h13-14H,1-12H2. The molecule has 0 radical (unpaired) electrons. The maximum absolute atomic E-state index is 13.2. The molecule has 0 aromatic carbocycles. The minimum Gasteiger partial charge on any atom is -0.375 e. The lowest BCUT2D eigenvalue weighted by Gasteiger charge is -2.44. The average Bonchev–Trinajstić information content (AvgIpc) is 2.47. The topological polar surface area (TPSA) is 26.3 Å². The van der Waals surface area contributed by atoms with E-state index in [-0.39, 0.29) is 36.1 Å². The summed E-state index contributed by atoms with van der Waals surface area (Å²) in [6, 6.07) is 0. The van der Waals surface area contributed by atoms with Gasteiger partial charge in [-0.05, 0) is 38.5 Å². The molecule has 0 amide bonds. The summed E-state index contributed by atoms with van der Waals surface area (Å²) in [7, 11) is 0. The number of ketones is 1. The number of alkyl halides is 2. The number of carbonyl (C=O) groups excluding carboxylic acids is 1. The van der Waals surface area contributed by atoms with Crippen LogP contribution in [0.1, 0.15) is 70.6 Å². The molecule has 2 nitrogen and oxygen atoms in total. The van der Waals surface area contributed by atoms with E-state index < -0.39 is 5.92 Å². The predicted molar refractivity (Wildman–Crippen MR) is 76.4 cm³/mol. The lowest BCUT2D eigenvalue weighted by atomic mass is 9.71. The highest BCUT2D eigenvalue weighted by atomic mass is 19.3. The predicted octanol–water partition coefficient (Wildman–Crippen LogP) is 4.51. The summed E-state index contributed by atoms with van der Waals surface area (Å²) in [4.78, 5) is 12.7. The summed E-state index contributed by atoms with van der Waals surface area (Å²) in [5.41, 5.74) is -0.0740. The van der Waals surface area contributed by atoms with Gasteiger partial charge >= 0.3 is 0 Å². The molecule has 3 fully saturated rings. The van der Waals surface area contributed by atoms with Gasteiger partial charge in [0.25, 0.3) is 0 Å². The molecule has 0 aromatic heterocycles. The van der Waals surface area contributed by atoms with E-state index in [0.29, 0.717) is 19.4 Å². The van der Waals surface area contributed by atoms with Crippen LogP contribution >= 0.6 is 0 Å². The summed E-state index contributed by atoms with van der Waals surface area (Å²) in [6.45, 7) is 0.666. The Morgan fingerprint density at radius 1 is 0.905 bits per heavy atom. The van der Waals surface area contributed by atoms with Crippen LogP contribution in [0.3, 0.4) is 0 Å². The zero-order valence-corrected chi connectivity index (χ0v) is 12.7. The molecule has 2 saturated carbocycles. The van der Waals surface area contributed by atoms with Crippen LogP contribution in [0, 0.1) is 11.8 Å². The molecule has 1 heterocycles. The highest BCUT2D eigenvalue weighted by molar-refractivity contribution is 5.83. The van der Waals surface area contributed by atoms with Crippen molar-refractivity contribution >= 4 is 5.78 Å². The van der Waals surface area contributed by atoms with Crippen LogP contribution in [0.25, 0.3) is 0 Å². The number of rotatable bonds is 2. The first-order valence-corrected chi connectivity index (χ1v) is 8.55. The molecule has 120 valence electrons.